The summed E-state index contributed by atoms with van der Waals surface area (Å²) in [5.74, 6) is -0.383. The molecule has 1 aliphatic rings. The summed E-state index contributed by atoms with van der Waals surface area (Å²) >= 11 is 3.30. The van der Waals surface area contributed by atoms with Gasteiger partial charge in [0.1, 0.15) is 5.69 Å². The van der Waals surface area contributed by atoms with E-state index < -0.39 is 0 Å². The first-order chi connectivity index (χ1) is 10.1. The van der Waals surface area contributed by atoms with Crippen molar-refractivity contribution in [2.24, 2.45) is 7.05 Å². The highest BCUT2D eigenvalue weighted by Crippen LogP contribution is 2.17. The number of H-pyrrole nitrogens is 1. The fourth-order valence-electron chi connectivity index (χ4n) is 2.35. The van der Waals surface area contributed by atoms with Gasteiger partial charge in [0, 0.05) is 48.5 Å². The van der Waals surface area contributed by atoms with Gasteiger partial charge in [-0.15, -0.1) is 0 Å². The van der Waals surface area contributed by atoms with Crippen LogP contribution in [0.3, 0.4) is 0 Å². The van der Waals surface area contributed by atoms with E-state index in [1.807, 2.05) is 0 Å². The van der Waals surface area contributed by atoms with E-state index in [0.717, 1.165) is 24.2 Å². The minimum atomic E-state index is -0.383. The molecule has 0 aromatic carbocycles. The molecule has 0 fully saturated rings. The maximum absolute atomic E-state index is 12.3. The molecule has 3 heterocycles. The van der Waals surface area contributed by atoms with Crippen molar-refractivity contribution >= 4 is 27.5 Å². The van der Waals surface area contributed by atoms with Gasteiger partial charge in [-0.3, -0.25) is 14.7 Å². The summed E-state index contributed by atoms with van der Waals surface area (Å²) in [5.41, 5.74) is 2.12. The Morgan fingerprint density at radius 1 is 1.52 bits per heavy atom. The molecule has 2 aromatic heterocycles. The SMILES string of the molecule is Cn1cc(Br)cc(NC(=O)c2n[nH]c3c2CNCC3)c1=O. The molecular weight excluding hydrogens is 338 g/mol. The van der Waals surface area contributed by atoms with Crippen molar-refractivity contribution in [1.29, 1.82) is 0 Å². The molecule has 0 atom stereocenters. The topological polar surface area (TPSA) is 91.8 Å². The minimum Gasteiger partial charge on any atom is -0.316 e. The number of aromatic amines is 1. The molecule has 110 valence electrons. The van der Waals surface area contributed by atoms with E-state index in [2.05, 4.69) is 36.8 Å². The number of halogens is 1. The van der Waals surface area contributed by atoms with Gasteiger partial charge in [0.15, 0.2) is 5.69 Å². The Bertz CT molecular complexity index is 764. The van der Waals surface area contributed by atoms with Gasteiger partial charge < -0.3 is 15.2 Å². The average molecular weight is 352 g/mol. The number of carbonyl (C=O) groups is 1. The van der Waals surface area contributed by atoms with Gasteiger partial charge in [-0.2, -0.15) is 5.10 Å². The molecule has 0 spiro atoms. The summed E-state index contributed by atoms with van der Waals surface area (Å²) in [6.45, 7) is 1.47. The lowest BCUT2D eigenvalue weighted by atomic mass is 10.1. The van der Waals surface area contributed by atoms with E-state index in [1.165, 1.54) is 4.57 Å². The fourth-order valence-corrected chi connectivity index (χ4v) is 2.89. The van der Waals surface area contributed by atoms with Gasteiger partial charge in [0.25, 0.3) is 11.5 Å². The molecule has 1 aliphatic heterocycles. The number of nitrogens with one attached hydrogen (secondary N) is 3. The van der Waals surface area contributed by atoms with Crippen LogP contribution in [0.1, 0.15) is 21.7 Å². The zero-order chi connectivity index (χ0) is 15.0. The molecule has 3 rings (SSSR count). The Balaban J connectivity index is 1.91. The fraction of sp³-hybridized carbons (Fsp3) is 0.308. The van der Waals surface area contributed by atoms with Crippen molar-refractivity contribution in [2.45, 2.75) is 13.0 Å². The van der Waals surface area contributed by atoms with E-state index in [1.54, 1.807) is 19.3 Å². The Kier molecular flexibility index (Phi) is 3.64. The normalized spacial score (nSPS) is 13.8. The van der Waals surface area contributed by atoms with Gasteiger partial charge in [0.2, 0.25) is 0 Å². The Labute approximate surface area is 128 Å². The van der Waals surface area contributed by atoms with Crippen LogP contribution in [0.4, 0.5) is 5.69 Å². The van der Waals surface area contributed by atoms with Crippen molar-refractivity contribution in [1.82, 2.24) is 20.1 Å². The third-order valence-electron chi connectivity index (χ3n) is 3.42. The van der Waals surface area contributed by atoms with Crippen LogP contribution in [0.25, 0.3) is 0 Å². The molecule has 0 radical (unpaired) electrons. The van der Waals surface area contributed by atoms with Crippen molar-refractivity contribution in [3.8, 4) is 0 Å². The van der Waals surface area contributed by atoms with Crippen LogP contribution in [0.2, 0.25) is 0 Å². The maximum Gasteiger partial charge on any atom is 0.276 e. The Hall–Kier alpha value is -1.93. The van der Waals surface area contributed by atoms with Gasteiger partial charge in [0.05, 0.1) is 0 Å². The molecule has 0 unspecified atom stereocenters. The summed E-state index contributed by atoms with van der Waals surface area (Å²) in [4.78, 5) is 24.3. The minimum absolute atomic E-state index is 0.220. The summed E-state index contributed by atoms with van der Waals surface area (Å²) in [7, 11) is 1.63. The van der Waals surface area contributed by atoms with Gasteiger partial charge in [-0.25, -0.2) is 0 Å². The van der Waals surface area contributed by atoms with Crippen LogP contribution in [0.5, 0.6) is 0 Å². The standard InChI is InChI=1S/C13H14BrN5O2/c1-19-6-7(14)4-10(13(19)21)16-12(20)11-8-5-15-3-2-9(8)17-18-11/h4,6,15H,2-3,5H2,1H3,(H,16,20)(H,17,18). The maximum atomic E-state index is 12.3. The monoisotopic (exact) mass is 351 g/mol. The number of pyridine rings is 1. The van der Waals surface area contributed by atoms with Crippen LogP contribution >= 0.6 is 15.9 Å². The summed E-state index contributed by atoms with van der Waals surface area (Å²) in [6, 6.07) is 1.58. The summed E-state index contributed by atoms with van der Waals surface area (Å²) in [6.07, 6.45) is 2.45. The first-order valence-electron chi connectivity index (χ1n) is 6.50. The Morgan fingerprint density at radius 2 is 2.33 bits per heavy atom. The number of rotatable bonds is 2. The highest BCUT2D eigenvalue weighted by molar-refractivity contribution is 9.10. The highest BCUT2D eigenvalue weighted by Gasteiger charge is 2.22. The van der Waals surface area contributed by atoms with Crippen molar-refractivity contribution in [2.75, 3.05) is 11.9 Å². The molecule has 0 saturated carbocycles. The molecule has 0 aliphatic carbocycles. The van der Waals surface area contributed by atoms with Crippen molar-refractivity contribution in [3.63, 3.8) is 0 Å². The molecule has 3 N–H and O–H groups in total. The van der Waals surface area contributed by atoms with Crippen LogP contribution in [-0.4, -0.2) is 27.2 Å². The van der Waals surface area contributed by atoms with E-state index >= 15 is 0 Å². The lowest BCUT2D eigenvalue weighted by molar-refractivity contribution is 0.102. The van der Waals surface area contributed by atoms with E-state index in [-0.39, 0.29) is 17.2 Å². The number of aromatic nitrogens is 3. The number of anilines is 1. The van der Waals surface area contributed by atoms with Gasteiger partial charge in [-0.1, -0.05) is 0 Å². The number of fused-ring (bicyclic) bond motifs is 1. The second kappa shape index (κ2) is 5.45. The predicted octanol–water partition coefficient (Wildman–Crippen LogP) is 0.769. The molecule has 0 bridgehead atoms. The number of amides is 1. The lowest BCUT2D eigenvalue weighted by Crippen LogP contribution is -2.27. The number of nitrogens with zero attached hydrogens (tertiary/aromatic N) is 2. The summed E-state index contributed by atoms with van der Waals surface area (Å²) < 4.78 is 2.12. The largest absolute Gasteiger partial charge is 0.316 e. The van der Waals surface area contributed by atoms with Crippen LogP contribution < -0.4 is 16.2 Å². The molecule has 0 saturated heterocycles. The van der Waals surface area contributed by atoms with Gasteiger partial charge >= 0.3 is 0 Å². The second-order valence-corrected chi connectivity index (χ2v) is 5.81. The number of aryl methyl sites for hydroxylation is 1. The smallest absolute Gasteiger partial charge is 0.276 e. The van der Waals surface area contributed by atoms with E-state index in [9.17, 15) is 9.59 Å². The molecular formula is C13H14BrN5O2. The van der Waals surface area contributed by atoms with Gasteiger partial charge in [-0.05, 0) is 22.0 Å². The van der Waals surface area contributed by atoms with Crippen LogP contribution in [-0.2, 0) is 20.0 Å². The number of hydrogen-bond acceptors (Lipinski definition) is 4. The predicted molar refractivity (Wildman–Crippen MR) is 81.3 cm³/mol. The highest BCUT2D eigenvalue weighted by atomic mass is 79.9. The molecule has 2 aromatic rings. The van der Waals surface area contributed by atoms with Crippen LogP contribution in [0.15, 0.2) is 21.5 Å². The van der Waals surface area contributed by atoms with E-state index in [0.29, 0.717) is 16.7 Å². The number of carbonyl (C=O) groups excluding carboxylic acids is 1. The van der Waals surface area contributed by atoms with Crippen molar-refractivity contribution in [3.05, 3.63) is 44.0 Å². The first-order valence-corrected chi connectivity index (χ1v) is 7.30. The molecule has 7 nitrogen and oxygen atoms in total. The quantitative estimate of drug-likeness (QED) is 0.745. The molecule has 21 heavy (non-hydrogen) atoms. The summed E-state index contributed by atoms with van der Waals surface area (Å²) in [5, 5.41) is 12.8. The first kappa shape index (κ1) is 14.0. The third kappa shape index (κ3) is 2.64. The number of hydrogen-bond donors (Lipinski definition) is 3. The lowest BCUT2D eigenvalue weighted by Gasteiger charge is -2.13. The second-order valence-electron chi connectivity index (χ2n) is 4.90. The molecule has 8 heteroatoms. The van der Waals surface area contributed by atoms with Crippen molar-refractivity contribution < 1.29 is 4.79 Å². The zero-order valence-corrected chi connectivity index (χ0v) is 13.0. The average Bonchev–Trinajstić information content (AvgIpc) is 2.88. The zero-order valence-electron chi connectivity index (χ0n) is 11.4. The van der Waals surface area contributed by atoms with E-state index in [4.69, 9.17) is 0 Å². The Morgan fingerprint density at radius 3 is 3.14 bits per heavy atom. The third-order valence-corrected chi connectivity index (χ3v) is 3.85. The molecule has 1 amide bonds. The van der Waals surface area contributed by atoms with Crippen LogP contribution in [0, 0.1) is 0 Å².